The van der Waals surface area contributed by atoms with Crippen molar-refractivity contribution in [3.8, 4) is 0 Å². The van der Waals surface area contributed by atoms with E-state index in [0.717, 1.165) is 5.56 Å². The minimum Gasteiger partial charge on any atom is -0.250 e. The molecule has 1 atom stereocenters. The smallest absolute Gasteiger partial charge is 0.126 e. The zero-order valence-electron chi connectivity index (χ0n) is 7.27. The van der Waals surface area contributed by atoms with Crippen LogP contribution in [0.2, 0.25) is 0 Å². The lowest BCUT2D eigenvalue weighted by Crippen LogP contribution is -1.96. The lowest BCUT2D eigenvalue weighted by Gasteiger charge is -2.07. The van der Waals surface area contributed by atoms with Gasteiger partial charge in [-0.05, 0) is 24.1 Å². The van der Waals surface area contributed by atoms with E-state index in [-0.39, 0.29) is 11.7 Å². The van der Waals surface area contributed by atoms with Gasteiger partial charge in [0.05, 0.1) is 6.67 Å². The Bertz CT molecular complexity index is 269. The maximum absolute atomic E-state index is 13.0. The molecule has 0 heterocycles. The van der Waals surface area contributed by atoms with Crippen LogP contribution in [-0.4, -0.2) is 6.67 Å². The van der Waals surface area contributed by atoms with Gasteiger partial charge in [0.2, 0.25) is 0 Å². The Labute approximate surface area is 71.2 Å². The van der Waals surface area contributed by atoms with Crippen molar-refractivity contribution in [2.75, 3.05) is 6.67 Å². The molecule has 0 bridgehead atoms. The van der Waals surface area contributed by atoms with Crippen LogP contribution in [0.3, 0.4) is 0 Å². The van der Waals surface area contributed by atoms with Crippen molar-refractivity contribution in [3.63, 3.8) is 0 Å². The number of aryl methyl sites for hydroxylation is 1. The maximum atomic E-state index is 13.0. The number of benzene rings is 1. The fourth-order valence-electron chi connectivity index (χ4n) is 1.00. The Morgan fingerprint density at radius 2 is 2.08 bits per heavy atom. The van der Waals surface area contributed by atoms with Crippen LogP contribution in [-0.2, 0) is 0 Å². The molecule has 0 aromatic heterocycles. The fraction of sp³-hybridized carbons (Fsp3) is 0.400. The lowest BCUT2D eigenvalue weighted by atomic mass is 10.0. The van der Waals surface area contributed by atoms with E-state index < -0.39 is 6.67 Å². The summed E-state index contributed by atoms with van der Waals surface area (Å²) < 4.78 is 25.1. The Morgan fingerprint density at radius 3 is 2.58 bits per heavy atom. The van der Waals surface area contributed by atoms with Crippen molar-refractivity contribution in [2.24, 2.45) is 0 Å². The summed E-state index contributed by atoms with van der Waals surface area (Å²) in [5, 5.41) is 0. The van der Waals surface area contributed by atoms with Gasteiger partial charge in [0.15, 0.2) is 0 Å². The zero-order chi connectivity index (χ0) is 9.14. The average molecular weight is 170 g/mol. The van der Waals surface area contributed by atoms with Crippen LogP contribution in [0.15, 0.2) is 18.2 Å². The van der Waals surface area contributed by atoms with Gasteiger partial charge < -0.3 is 0 Å². The van der Waals surface area contributed by atoms with E-state index in [1.54, 1.807) is 26.0 Å². The lowest BCUT2D eigenvalue weighted by molar-refractivity contribution is 0.446. The minimum absolute atomic E-state index is 0.208. The molecule has 66 valence electrons. The predicted octanol–water partition coefficient (Wildman–Crippen LogP) is 3.21. The largest absolute Gasteiger partial charge is 0.250 e. The minimum atomic E-state index is -0.442. The molecule has 0 aliphatic carbocycles. The first-order valence-electron chi connectivity index (χ1n) is 3.97. The molecule has 0 N–H and O–H groups in total. The Balaban J connectivity index is 2.96. The second-order valence-corrected chi connectivity index (χ2v) is 3.06. The summed E-state index contributed by atoms with van der Waals surface area (Å²) in [5.74, 6) is -0.465. The maximum Gasteiger partial charge on any atom is 0.126 e. The van der Waals surface area contributed by atoms with E-state index in [1.807, 2.05) is 0 Å². The first-order chi connectivity index (χ1) is 5.65. The fourth-order valence-corrected chi connectivity index (χ4v) is 1.00. The van der Waals surface area contributed by atoms with Gasteiger partial charge in [0.1, 0.15) is 5.82 Å². The van der Waals surface area contributed by atoms with Crippen LogP contribution in [0.4, 0.5) is 8.78 Å². The third-order valence-electron chi connectivity index (χ3n) is 2.00. The molecule has 1 unspecified atom stereocenters. The Morgan fingerprint density at radius 1 is 1.42 bits per heavy atom. The number of rotatable bonds is 2. The Hall–Kier alpha value is -0.920. The van der Waals surface area contributed by atoms with Gasteiger partial charge in [-0.1, -0.05) is 19.1 Å². The summed E-state index contributed by atoms with van der Waals surface area (Å²) in [6.07, 6.45) is 0. The first-order valence-corrected chi connectivity index (χ1v) is 3.97. The third kappa shape index (κ3) is 1.81. The van der Waals surface area contributed by atoms with Crippen molar-refractivity contribution in [1.82, 2.24) is 0 Å². The second kappa shape index (κ2) is 3.65. The van der Waals surface area contributed by atoms with Gasteiger partial charge in [0, 0.05) is 5.92 Å². The molecule has 0 radical (unpaired) electrons. The summed E-state index contributed by atoms with van der Waals surface area (Å²) in [4.78, 5) is 0. The van der Waals surface area contributed by atoms with Crippen molar-refractivity contribution in [1.29, 1.82) is 0 Å². The van der Waals surface area contributed by atoms with E-state index in [0.29, 0.717) is 5.56 Å². The van der Waals surface area contributed by atoms with Crippen LogP contribution in [0.5, 0.6) is 0 Å². The molecule has 1 rings (SSSR count). The van der Waals surface area contributed by atoms with Crippen LogP contribution < -0.4 is 0 Å². The number of halogens is 2. The van der Waals surface area contributed by atoms with Crippen LogP contribution in [0, 0.1) is 12.7 Å². The topological polar surface area (TPSA) is 0 Å². The number of alkyl halides is 1. The summed E-state index contributed by atoms with van der Waals surface area (Å²) in [5.41, 5.74) is 1.32. The normalized spacial score (nSPS) is 13.0. The van der Waals surface area contributed by atoms with E-state index in [9.17, 15) is 8.78 Å². The average Bonchev–Trinajstić information content (AvgIpc) is 2.08. The predicted molar refractivity (Wildman–Crippen MR) is 45.5 cm³/mol. The van der Waals surface area contributed by atoms with Gasteiger partial charge in [-0.3, -0.25) is 4.39 Å². The molecular weight excluding hydrogens is 158 g/mol. The summed E-state index contributed by atoms with van der Waals surface area (Å²) in [6.45, 7) is 2.99. The molecule has 0 nitrogen and oxygen atoms in total. The van der Waals surface area contributed by atoms with Crippen LogP contribution >= 0.6 is 0 Å². The van der Waals surface area contributed by atoms with Gasteiger partial charge >= 0.3 is 0 Å². The van der Waals surface area contributed by atoms with Crippen molar-refractivity contribution >= 4 is 0 Å². The van der Waals surface area contributed by atoms with Gasteiger partial charge in [-0.25, -0.2) is 4.39 Å². The highest BCUT2D eigenvalue weighted by atomic mass is 19.1. The van der Waals surface area contributed by atoms with E-state index >= 15 is 0 Å². The molecule has 0 aliphatic heterocycles. The molecular formula is C10H12F2. The molecule has 1 aromatic carbocycles. The first kappa shape index (κ1) is 9.17. The van der Waals surface area contributed by atoms with E-state index in [4.69, 9.17) is 0 Å². The van der Waals surface area contributed by atoms with Crippen molar-refractivity contribution in [3.05, 3.63) is 35.1 Å². The highest BCUT2D eigenvalue weighted by Crippen LogP contribution is 2.18. The SMILES string of the molecule is Cc1ccc(C(C)CF)cc1F. The van der Waals surface area contributed by atoms with Gasteiger partial charge in [-0.2, -0.15) is 0 Å². The van der Waals surface area contributed by atoms with Gasteiger partial charge in [-0.15, -0.1) is 0 Å². The molecule has 0 fully saturated rings. The second-order valence-electron chi connectivity index (χ2n) is 3.06. The molecule has 12 heavy (non-hydrogen) atoms. The molecule has 0 saturated heterocycles. The summed E-state index contributed by atoms with van der Waals surface area (Å²) in [7, 11) is 0. The summed E-state index contributed by atoms with van der Waals surface area (Å²) >= 11 is 0. The van der Waals surface area contributed by atoms with E-state index in [1.165, 1.54) is 6.07 Å². The highest BCUT2D eigenvalue weighted by Gasteiger charge is 2.06. The standard InChI is InChI=1S/C10H12F2/c1-7-3-4-9(5-10(7)12)8(2)6-11/h3-5,8H,6H2,1-2H3. The monoisotopic (exact) mass is 170 g/mol. The number of hydrogen-bond donors (Lipinski definition) is 0. The molecule has 2 heteroatoms. The third-order valence-corrected chi connectivity index (χ3v) is 2.00. The molecule has 0 spiro atoms. The highest BCUT2D eigenvalue weighted by molar-refractivity contribution is 5.25. The van der Waals surface area contributed by atoms with Crippen molar-refractivity contribution < 1.29 is 8.78 Å². The van der Waals surface area contributed by atoms with Crippen molar-refractivity contribution in [2.45, 2.75) is 19.8 Å². The zero-order valence-corrected chi connectivity index (χ0v) is 7.27. The quantitative estimate of drug-likeness (QED) is 0.639. The molecule has 0 amide bonds. The van der Waals surface area contributed by atoms with Crippen LogP contribution in [0.1, 0.15) is 24.0 Å². The Kier molecular flexibility index (Phi) is 2.79. The molecule has 0 saturated carbocycles. The van der Waals surface area contributed by atoms with E-state index in [2.05, 4.69) is 0 Å². The van der Waals surface area contributed by atoms with Gasteiger partial charge in [0.25, 0.3) is 0 Å². The van der Waals surface area contributed by atoms with Crippen LogP contribution in [0.25, 0.3) is 0 Å². The molecule has 0 aliphatic rings. The molecule has 1 aromatic rings. The number of hydrogen-bond acceptors (Lipinski definition) is 0. The summed E-state index contributed by atoms with van der Waals surface area (Å²) in [6, 6.07) is 4.85.